The standard InChI is InChI=1S/C33H33N3O6S/c1-7-41-26-14-12-22(13-15-26)29-28(32(39)42-8-2)20(4)34-33-36(29)30(37)27(43-33)18-24-16-19(3)35(21(24)5)25-11-9-10-23(17-25)31(38)40-6/h9-18,29H,7-8H2,1-6H3/b27-18-/t29-/m0/s1. The van der Waals surface area contributed by atoms with Crippen LogP contribution in [-0.2, 0) is 14.3 Å². The molecule has 0 bridgehead atoms. The minimum Gasteiger partial charge on any atom is -0.494 e. The van der Waals surface area contributed by atoms with Crippen LogP contribution in [0.3, 0.4) is 0 Å². The van der Waals surface area contributed by atoms with E-state index in [1.807, 2.05) is 73.9 Å². The Labute approximate surface area is 253 Å². The molecule has 0 unspecified atom stereocenters. The SMILES string of the molecule is CCOC(=O)C1=C(C)N=c2s/c(=C\c3cc(C)n(-c4cccc(C(=O)OC)c4)c3C)c(=O)n2[C@H]1c1ccc(OCC)cc1. The van der Waals surface area contributed by atoms with Gasteiger partial charge >= 0.3 is 11.9 Å². The van der Waals surface area contributed by atoms with Gasteiger partial charge in [0.1, 0.15) is 5.75 Å². The van der Waals surface area contributed by atoms with Crippen molar-refractivity contribution in [3.8, 4) is 11.4 Å². The van der Waals surface area contributed by atoms with Crippen molar-refractivity contribution in [2.24, 2.45) is 4.99 Å². The lowest BCUT2D eigenvalue weighted by Crippen LogP contribution is -2.39. The van der Waals surface area contributed by atoms with Crippen LogP contribution in [0.5, 0.6) is 5.75 Å². The van der Waals surface area contributed by atoms with E-state index in [4.69, 9.17) is 14.2 Å². The predicted molar refractivity (Wildman–Crippen MR) is 165 cm³/mol. The maximum atomic E-state index is 14.1. The number of carbonyl (C=O) groups is 2. The second kappa shape index (κ2) is 12.3. The third kappa shape index (κ3) is 5.58. The van der Waals surface area contributed by atoms with E-state index in [0.29, 0.717) is 38.5 Å². The van der Waals surface area contributed by atoms with Gasteiger partial charge in [-0.25, -0.2) is 14.6 Å². The molecule has 0 fully saturated rings. The number of benzene rings is 2. The first-order valence-corrected chi connectivity index (χ1v) is 14.8. The van der Waals surface area contributed by atoms with Crippen molar-refractivity contribution in [1.82, 2.24) is 9.13 Å². The molecule has 3 heterocycles. The zero-order valence-corrected chi connectivity index (χ0v) is 25.8. The second-order valence-electron chi connectivity index (χ2n) is 10.0. The lowest BCUT2D eigenvalue weighted by atomic mass is 9.96. The highest BCUT2D eigenvalue weighted by atomic mass is 32.1. The summed E-state index contributed by atoms with van der Waals surface area (Å²) in [6.45, 7) is 10.1. The van der Waals surface area contributed by atoms with Gasteiger partial charge in [-0.3, -0.25) is 9.36 Å². The van der Waals surface area contributed by atoms with Gasteiger partial charge in [0.05, 0.1) is 47.7 Å². The van der Waals surface area contributed by atoms with Gasteiger partial charge in [0.2, 0.25) is 0 Å². The van der Waals surface area contributed by atoms with Crippen LogP contribution in [0.1, 0.15) is 59.7 Å². The van der Waals surface area contributed by atoms with Crippen molar-refractivity contribution in [1.29, 1.82) is 0 Å². The van der Waals surface area contributed by atoms with Crippen LogP contribution in [0.2, 0.25) is 0 Å². The Morgan fingerprint density at radius 1 is 1.00 bits per heavy atom. The van der Waals surface area contributed by atoms with Crippen molar-refractivity contribution in [2.45, 2.75) is 40.7 Å². The van der Waals surface area contributed by atoms with E-state index in [2.05, 4.69) is 4.99 Å². The fourth-order valence-electron chi connectivity index (χ4n) is 5.38. The molecule has 4 aromatic rings. The Bertz CT molecular complexity index is 1930. The number of esters is 2. The van der Waals surface area contributed by atoms with Gasteiger partial charge in [-0.05, 0) is 88.2 Å². The summed E-state index contributed by atoms with van der Waals surface area (Å²) in [5, 5.41) is 0. The maximum absolute atomic E-state index is 14.1. The smallest absolute Gasteiger partial charge is 0.338 e. The first-order chi connectivity index (χ1) is 20.7. The van der Waals surface area contributed by atoms with E-state index in [0.717, 1.165) is 28.2 Å². The first-order valence-electron chi connectivity index (χ1n) is 14.0. The molecule has 1 atom stereocenters. The molecule has 5 rings (SSSR count). The quantitative estimate of drug-likeness (QED) is 0.279. The van der Waals surface area contributed by atoms with Gasteiger partial charge in [0.15, 0.2) is 4.80 Å². The number of hydrogen-bond donors (Lipinski definition) is 0. The van der Waals surface area contributed by atoms with Gasteiger partial charge in [-0.1, -0.05) is 29.5 Å². The van der Waals surface area contributed by atoms with Gasteiger partial charge in [0.25, 0.3) is 5.56 Å². The number of nitrogens with zero attached hydrogens (tertiary/aromatic N) is 3. The summed E-state index contributed by atoms with van der Waals surface area (Å²) in [5.74, 6) is -0.218. The van der Waals surface area contributed by atoms with Crippen LogP contribution in [0.15, 0.2) is 75.7 Å². The number of fused-ring (bicyclic) bond motifs is 1. The molecule has 0 aliphatic carbocycles. The Hall–Kier alpha value is -4.70. The highest BCUT2D eigenvalue weighted by Crippen LogP contribution is 2.32. The molecule has 0 saturated heterocycles. The van der Waals surface area contributed by atoms with Crippen molar-refractivity contribution in [3.05, 3.63) is 114 Å². The summed E-state index contributed by atoms with van der Waals surface area (Å²) < 4.78 is 20.0. The summed E-state index contributed by atoms with van der Waals surface area (Å²) in [5.41, 5.74) is 5.27. The van der Waals surface area contributed by atoms with Crippen molar-refractivity contribution in [3.63, 3.8) is 0 Å². The molecule has 0 radical (unpaired) electrons. The summed E-state index contributed by atoms with van der Waals surface area (Å²) in [6.07, 6.45) is 1.85. The minimum atomic E-state index is -0.707. The van der Waals surface area contributed by atoms with Crippen molar-refractivity contribution >= 4 is 29.4 Å². The van der Waals surface area contributed by atoms with E-state index < -0.39 is 18.0 Å². The topological polar surface area (TPSA) is 101 Å². The lowest BCUT2D eigenvalue weighted by molar-refractivity contribution is -0.139. The molecule has 0 spiro atoms. The highest BCUT2D eigenvalue weighted by Gasteiger charge is 2.33. The minimum absolute atomic E-state index is 0.203. The molecule has 2 aromatic heterocycles. The maximum Gasteiger partial charge on any atom is 0.338 e. The number of aryl methyl sites for hydroxylation is 1. The molecule has 9 nitrogen and oxygen atoms in total. The highest BCUT2D eigenvalue weighted by molar-refractivity contribution is 7.07. The molecule has 10 heteroatoms. The molecule has 0 amide bonds. The average molecular weight is 600 g/mol. The molecule has 0 N–H and O–H groups in total. The second-order valence-corrected chi connectivity index (χ2v) is 11.0. The number of allylic oxidation sites excluding steroid dienone is 1. The van der Waals surface area contributed by atoms with Crippen molar-refractivity contribution in [2.75, 3.05) is 20.3 Å². The van der Waals surface area contributed by atoms with Crippen LogP contribution in [0.4, 0.5) is 0 Å². The Morgan fingerprint density at radius 3 is 2.42 bits per heavy atom. The molecule has 2 aromatic carbocycles. The van der Waals surface area contributed by atoms with E-state index in [-0.39, 0.29) is 12.2 Å². The van der Waals surface area contributed by atoms with Gasteiger partial charge in [0, 0.05) is 17.1 Å². The van der Waals surface area contributed by atoms with Crippen LogP contribution in [0, 0.1) is 13.8 Å². The fraction of sp³-hybridized carbons (Fsp3) is 0.273. The molecule has 1 aliphatic heterocycles. The molecule has 43 heavy (non-hydrogen) atoms. The van der Waals surface area contributed by atoms with Gasteiger partial charge in [-0.15, -0.1) is 0 Å². The van der Waals surface area contributed by atoms with Crippen LogP contribution < -0.4 is 19.6 Å². The number of rotatable bonds is 8. The monoisotopic (exact) mass is 599 g/mol. The van der Waals surface area contributed by atoms with Crippen LogP contribution >= 0.6 is 11.3 Å². The Morgan fingerprint density at radius 2 is 1.74 bits per heavy atom. The summed E-state index contributed by atoms with van der Waals surface area (Å²) in [6, 6.07) is 15.9. The lowest BCUT2D eigenvalue weighted by Gasteiger charge is -2.24. The molecular formula is C33H33N3O6S. The van der Waals surface area contributed by atoms with Crippen LogP contribution in [0.25, 0.3) is 11.8 Å². The number of thiazole rings is 1. The average Bonchev–Trinajstić information content (AvgIpc) is 3.45. The normalized spacial score (nSPS) is 14.7. The third-order valence-corrected chi connectivity index (χ3v) is 8.29. The van der Waals surface area contributed by atoms with Crippen molar-refractivity contribution < 1.29 is 23.8 Å². The summed E-state index contributed by atoms with van der Waals surface area (Å²) in [7, 11) is 1.35. The molecule has 222 valence electrons. The number of aromatic nitrogens is 2. The number of methoxy groups -OCH3 is 1. The van der Waals surface area contributed by atoms with E-state index in [9.17, 15) is 14.4 Å². The molecular weight excluding hydrogens is 566 g/mol. The predicted octanol–water partition coefficient (Wildman–Crippen LogP) is 4.39. The van der Waals surface area contributed by atoms with E-state index in [1.165, 1.54) is 18.4 Å². The number of ether oxygens (including phenoxy) is 3. The number of carbonyl (C=O) groups excluding carboxylic acids is 2. The Balaban J connectivity index is 1.65. The van der Waals surface area contributed by atoms with E-state index in [1.54, 1.807) is 30.5 Å². The first kappa shape index (κ1) is 29.8. The zero-order valence-electron chi connectivity index (χ0n) is 25.0. The summed E-state index contributed by atoms with van der Waals surface area (Å²) in [4.78, 5) is 44.5. The zero-order chi connectivity index (χ0) is 30.8. The largest absolute Gasteiger partial charge is 0.494 e. The Kier molecular flexibility index (Phi) is 8.50. The molecule has 0 saturated carbocycles. The van der Waals surface area contributed by atoms with E-state index >= 15 is 0 Å². The fourth-order valence-corrected chi connectivity index (χ4v) is 6.42. The molecule has 1 aliphatic rings. The number of hydrogen-bond acceptors (Lipinski definition) is 8. The third-order valence-electron chi connectivity index (χ3n) is 7.31. The van der Waals surface area contributed by atoms with Gasteiger partial charge < -0.3 is 18.8 Å². The summed E-state index contributed by atoms with van der Waals surface area (Å²) >= 11 is 1.27. The van der Waals surface area contributed by atoms with Gasteiger partial charge in [-0.2, -0.15) is 0 Å². The van der Waals surface area contributed by atoms with Crippen LogP contribution in [-0.4, -0.2) is 41.4 Å².